The van der Waals surface area contributed by atoms with Crippen LogP contribution in [0.15, 0.2) is 0 Å². The van der Waals surface area contributed by atoms with Crippen LogP contribution in [-0.2, 0) is 65.4 Å². The second-order valence-corrected chi connectivity index (χ2v) is 27.9. The van der Waals surface area contributed by atoms with Crippen LogP contribution in [0.5, 0.6) is 0 Å². The van der Waals surface area contributed by atoms with Crippen molar-refractivity contribution in [2.75, 3.05) is 39.6 Å². The molecule has 0 aliphatic carbocycles. The number of esters is 4. The molecule has 516 valence electrons. The van der Waals surface area contributed by atoms with Crippen LogP contribution in [0.2, 0.25) is 0 Å². The van der Waals surface area contributed by atoms with Gasteiger partial charge in [0.1, 0.15) is 19.3 Å². The van der Waals surface area contributed by atoms with Crippen molar-refractivity contribution in [2.45, 2.75) is 368 Å². The first kappa shape index (κ1) is 85.1. The lowest BCUT2D eigenvalue weighted by atomic mass is 10.0. The summed E-state index contributed by atoms with van der Waals surface area (Å²) in [4.78, 5) is 72.3. The molecule has 0 aromatic rings. The molecule has 0 aliphatic rings. The van der Waals surface area contributed by atoms with Crippen LogP contribution >= 0.6 is 15.6 Å². The maximum Gasteiger partial charge on any atom is 0.472 e. The Morgan fingerprint density at radius 3 is 0.782 bits per heavy atom. The molecule has 0 radical (unpaired) electrons. The highest BCUT2D eigenvalue weighted by molar-refractivity contribution is 7.47. The fourth-order valence-corrected chi connectivity index (χ4v) is 11.9. The van der Waals surface area contributed by atoms with Crippen LogP contribution in [0.1, 0.15) is 349 Å². The number of rotatable bonds is 68. The molecular formula is C68H132O17P2. The fraction of sp³-hybridized carbons (Fsp3) is 0.941. The minimum Gasteiger partial charge on any atom is -0.462 e. The smallest absolute Gasteiger partial charge is 0.462 e. The van der Waals surface area contributed by atoms with Crippen molar-refractivity contribution in [2.24, 2.45) is 5.92 Å². The van der Waals surface area contributed by atoms with Gasteiger partial charge < -0.3 is 33.8 Å². The molecule has 5 atom stereocenters. The number of aliphatic hydroxyl groups is 1. The second-order valence-electron chi connectivity index (χ2n) is 25.0. The summed E-state index contributed by atoms with van der Waals surface area (Å²) in [5.74, 6) is -1.43. The highest BCUT2D eigenvalue weighted by Crippen LogP contribution is 2.45. The van der Waals surface area contributed by atoms with Crippen LogP contribution in [0.25, 0.3) is 0 Å². The summed E-state index contributed by atoms with van der Waals surface area (Å²) in [5.41, 5.74) is 0. The van der Waals surface area contributed by atoms with Gasteiger partial charge in [-0.15, -0.1) is 0 Å². The zero-order valence-corrected chi connectivity index (χ0v) is 57.9. The Morgan fingerprint density at radius 2 is 0.529 bits per heavy atom. The number of phosphoric ester groups is 2. The van der Waals surface area contributed by atoms with Crippen molar-refractivity contribution in [1.29, 1.82) is 0 Å². The van der Waals surface area contributed by atoms with Crippen LogP contribution in [0, 0.1) is 5.92 Å². The molecule has 0 aromatic heterocycles. The van der Waals surface area contributed by atoms with Gasteiger partial charge in [-0.2, -0.15) is 0 Å². The van der Waals surface area contributed by atoms with E-state index in [1.54, 1.807) is 0 Å². The molecule has 0 aliphatic heterocycles. The third kappa shape index (κ3) is 62.6. The minimum atomic E-state index is -4.95. The third-order valence-electron chi connectivity index (χ3n) is 15.8. The lowest BCUT2D eigenvalue weighted by molar-refractivity contribution is -0.161. The molecule has 0 heterocycles. The fourth-order valence-electron chi connectivity index (χ4n) is 10.3. The third-order valence-corrected chi connectivity index (χ3v) is 17.7. The molecule has 0 fully saturated rings. The first-order chi connectivity index (χ1) is 42.0. The van der Waals surface area contributed by atoms with Crippen molar-refractivity contribution >= 4 is 39.5 Å². The first-order valence-corrected chi connectivity index (χ1v) is 38.6. The van der Waals surface area contributed by atoms with Crippen LogP contribution in [0.4, 0.5) is 0 Å². The van der Waals surface area contributed by atoms with E-state index in [1.807, 2.05) is 0 Å². The molecular weight excluding hydrogens is 1150 g/mol. The summed E-state index contributed by atoms with van der Waals surface area (Å²) in [6.45, 7) is 7.13. The number of ether oxygens (including phenoxy) is 4. The molecule has 17 nitrogen and oxygen atoms in total. The van der Waals surface area contributed by atoms with Gasteiger partial charge in [-0.05, 0) is 31.6 Å². The van der Waals surface area contributed by atoms with Gasteiger partial charge >= 0.3 is 39.5 Å². The quantitative estimate of drug-likeness (QED) is 0.0222. The van der Waals surface area contributed by atoms with Crippen molar-refractivity contribution in [3.8, 4) is 0 Å². The predicted octanol–water partition coefficient (Wildman–Crippen LogP) is 19.4. The molecule has 19 heteroatoms. The molecule has 0 saturated heterocycles. The predicted molar refractivity (Wildman–Crippen MR) is 349 cm³/mol. The topological polar surface area (TPSA) is 237 Å². The number of hydrogen-bond acceptors (Lipinski definition) is 15. The number of hydrogen-bond donors (Lipinski definition) is 3. The van der Waals surface area contributed by atoms with E-state index in [0.717, 1.165) is 103 Å². The van der Waals surface area contributed by atoms with E-state index in [0.29, 0.717) is 31.6 Å². The van der Waals surface area contributed by atoms with E-state index in [1.165, 1.54) is 161 Å². The Kier molecular flexibility index (Phi) is 60.2. The Balaban J connectivity index is 5.19. The summed E-state index contributed by atoms with van der Waals surface area (Å²) in [6, 6.07) is 0. The zero-order valence-electron chi connectivity index (χ0n) is 56.2. The summed E-state index contributed by atoms with van der Waals surface area (Å²) >= 11 is 0. The van der Waals surface area contributed by atoms with E-state index in [-0.39, 0.29) is 25.7 Å². The lowest BCUT2D eigenvalue weighted by Gasteiger charge is -2.21. The Morgan fingerprint density at radius 1 is 0.310 bits per heavy atom. The van der Waals surface area contributed by atoms with E-state index in [2.05, 4.69) is 34.6 Å². The molecule has 0 saturated carbocycles. The maximum atomic E-state index is 13.0. The van der Waals surface area contributed by atoms with Gasteiger partial charge in [-0.3, -0.25) is 37.3 Å². The molecule has 0 bridgehead atoms. The Bertz CT molecular complexity index is 1690. The van der Waals surface area contributed by atoms with Gasteiger partial charge in [-0.25, -0.2) is 9.13 Å². The normalized spacial score (nSPS) is 14.1. The van der Waals surface area contributed by atoms with Gasteiger partial charge in [-0.1, -0.05) is 298 Å². The van der Waals surface area contributed by atoms with E-state index in [9.17, 15) is 43.2 Å². The average molecular weight is 1280 g/mol. The number of carbonyl (C=O) groups is 4. The molecule has 87 heavy (non-hydrogen) atoms. The summed E-state index contributed by atoms with van der Waals surface area (Å²) in [7, 11) is -9.89. The Hall–Kier alpha value is -1.94. The molecule has 2 unspecified atom stereocenters. The highest BCUT2D eigenvalue weighted by Gasteiger charge is 2.30. The highest BCUT2D eigenvalue weighted by atomic mass is 31.2. The first-order valence-electron chi connectivity index (χ1n) is 35.6. The number of carbonyl (C=O) groups excluding carboxylic acids is 4. The van der Waals surface area contributed by atoms with Crippen molar-refractivity contribution in [3.05, 3.63) is 0 Å². The number of phosphoric acid groups is 2. The van der Waals surface area contributed by atoms with Crippen LogP contribution in [-0.4, -0.2) is 96.7 Å². The molecule has 3 N–H and O–H groups in total. The van der Waals surface area contributed by atoms with Gasteiger partial charge in [0, 0.05) is 25.7 Å². The summed E-state index contributed by atoms with van der Waals surface area (Å²) < 4.78 is 68.1. The van der Waals surface area contributed by atoms with Gasteiger partial charge in [0.25, 0.3) is 0 Å². The van der Waals surface area contributed by atoms with E-state index >= 15 is 0 Å². The molecule has 0 aromatic carbocycles. The standard InChI is InChI=1S/C68H132O17P2/c1-6-9-12-15-18-20-22-24-25-26-27-29-31-33-38-43-48-53-67(72)84-64(58-79-66(71)52-47-42-37-32-30-28-23-21-19-16-13-10-7-2)60-83-87(76,77)81-56-62(69)55-80-86(74,75)82-59-63(57-78-65(70)51-46-41-35-17-14-11-8-3)85-68(73)54-49-44-39-34-36-40-45-50-61(4)5/h61-64,69H,6-60H2,1-5H3,(H,74,75)(H,76,77)/t62-,63+,64+/m0/s1. The molecule has 0 spiro atoms. The van der Waals surface area contributed by atoms with Crippen LogP contribution in [0.3, 0.4) is 0 Å². The maximum absolute atomic E-state index is 13.0. The van der Waals surface area contributed by atoms with Gasteiger partial charge in [0.15, 0.2) is 12.2 Å². The van der Waals surface area contributed by atoms with Crippen molar-refractivity contribution in [1.82, 2.24) is 0 Å². The van der Waals surface area contributed by atoms with Crippen molar-refractivity contribution < 1.29 is 80.2 Å². The lowest BCUT2D eigenvalue weighted by Crippen LogP contribution is -2.30. The largest absolute Gasteiger partial charge is 0.472 e. The molecule has 0 amide bonds. The summed E-state index contributed by atoms with van der Waals surface area (Å²) in [6.07, 6.45) is 47.4. The van der Waals surface area contributed by atoms with Gasteiger partial charge in [0.05, 0.1) is 26.4 Å². The monoisotopic (exact) mass is 1280 g/mol. The SMILES string of the molecule is CCCCCCCCCCCCCCCCCCCC(=O)O[C@H](COC(=O)CCCCCCCCCCCCCCC)COP(=O)(O)OC[C@@H](O)COP(=O)(O)OC[C@@H](COC(=O)CCCCCCCCC)OC(=O)CCCCCCCCCC(C)C. The summed E-state index contributed by atoms with van der Waals surface area (Å²) in [5, 5.41) is 10.6. The Labute approximate surface area is 530 Å². The zero-order chi connectivity index (χ0) is 64.2. The van der Waals surface area contributed by atoms with E-state index < -0.39 is 97.5 Å². The van der Waals surface area contributed by atoms with Crippen LogP contribution < -0.4 is 0 Å². The second kappa shape index (κ2) is 61.6. The van der Waals surface area contributed by atoms with Gasteiger partial charge in [0.2, 0.25) is 0 Å². The number of unbranched alkanes of at least 4 members (excludes halogenated alkanes) is 40. The minimum absolute atomic E-state index is 0.103. The van der Waals surface area contributed by atoms with Crippen molar-refractivity contribution in [3.63, 3.8) is 0 Å². The number of aliphatic hydroxyl groups excluding tert-OH is 1. The van der Waals surface area contributed by atoms with E-state index in [4.69, 9.17) is 37.0 Å². The molecule has 0 rings (SSSR count). The average Bonchev–Trinajstić information content (AvgIpc) is 3.67.